The zero-order chi connectivity index (χ0) is 16.2. The molecule has 3 nitrogen and oxygen atoms in total. The van der Waals surface area contributed by atoms with Crippen molar-refractivity contribution in [2.75, 3.05) is 5.75 Å². The molecule has 0 atom stereocenters. The van der Waals surface area contributed by atoms with Crippen molar-refractivity contribution in [1.29, 1.82) is 0 Å². The summed E-state index contributed by atoms with van der Waals surface area (Å²) in [5, 5.41) is -7.29. The minimum absolute atomic E-state index is 3.84. The summed E-state index contributed by atoms with van der Waals surface area (Å²) in [6.07, 6.45) is -13.3. The van der Waals surface area contributed by atoms with Gasteiger partial charge >= 0.3 is 23.5 Å². The molecule has 0 amide bonds. The first-order chi connectivity index (χ1) is 7.74. The zero-order valence-corrected chi connectivity index (χ0v) is 9.01. The third-order valence-corrected chi connectivity index (χ3v) is 3.80. The Kier molecular flexibility index (Phi) is 3.81. The van der Waals surface area contributed by atoms with Crippen molar-refractivity contribution in [3.05, 3.63) is 0 Å². The van der Waals surface area contributed by atoms with E-state index in [0.717, 1.165) is 0 Å². The number of hydrogen-bond donors (Lipinski definition) is 2. The molecule has 0 heterocycles. The Balaban J connectivity index is 5.98. The Labute approximate surface area is 97.2 Å². The number of hydrogen-bond acceptors (Lipinski definition) is 1. The molecule has 0 aromatic rings. The predicted molar refractivity (Wildman–Crippen MR) is 40.3 cm³/mol. The fraction of sp³-hybridized carbons (Fsp3) is 1.00. The molecule has 0 aromatic heterocycles. The lowest BCUT2D eigenvalue weighted by Crippen LogP contribution is -2.67. The maximum absolute atomic E-state index is 12.7. The molecular formula is C5H4F10O3S. The van der Waals surface area contributed by atoms with E-state index < -0.39 is 38.9 Å². The van der Waals surface area contributed by atoms with E-state index in [9.17, 15) is 48.1 Å². The molecule has 0 unspecified atom stereocenters. The Morgan fingerprint density at radius 2 is 1.11 bits per heavy atom. The monoisotopic (exact) mass is 334 g/mol. The second kappa shape index (κ2) is 3.94. The highest BCUT2D eigenvalue weighted by Gasteiger charge is 2.83. The van der Waals surface area contributed by atoms with Gasteiger partial charge in [0.2, 0.25) is 0 Å². The average Bonchev–Trinajstić information content (AvgIpc) is 1.93. The van der Waals surface area contributed by atoms with Crippen LogP contribution in [-0.4, -0.2) is 42.6 Å². The Bertz CT molecular complexity index is 414. The van der Waals surface area contributed by atoms with Crippen LogP contribution < -0.4 is 0 Å². The minimum atomic E-state index is -8.69. The molecule has 0 aromatic carbocycles. The fourth-order valence-corrected chi connectivity index (χ4v) is 2.21. The molecular weight excluding hydrogens is 330 g/mol. The van der Waals surface area contributed by atoms with Crippen LogP contribution >= 0.6 is 0 Å². The zero-order valence-electron chi connectivity index (χ0n) is 8.20. The Morgan fingerprint density at radius 1 is 0.789 bits per heavy atom. The molecule has 0 fully saturated rings. The summed E-state index contributed by atoms with van der Waals surface area (Å²) in [4.78, 5) is 0. The standard InChI is InChI=1S/C5H4F10O3S/c6-2(7,8)1-19(16,17,18)5(14,15)3(9,10)4(11,12)13/h1H2,(H2,16,17,18). The lowest BCUT2D eigenvalue weighted by Gasteiger charge is -2.41. The molecule has 0 bridgehead atoms. The van der Waals surface area contributed by atoms with Crippen LogP contribution in [-0.2, 0) is 9.63 Å². The second-order valence-electron chi connectivity index (χ2n) is 3.37. The number of halogens is 10. The van der Waals surface area contributed by atoms with Gasteiger partial charge < -0.3 is 9.11 Å². The van der Waals surface area contributed by atoms with Crippen LogP contribution in [0.4, 0.5) is 43.9 Å². The summed E-state index contributed by atoms with van der Waals surface area (Å²) in [5.74, 6) is -11.2. The second-order valence-corrected chi connectivity index (χ2v) is 6.20. The van der Waals surface area contributed by atoms with Gasteiger partial charge in [0.05, 0.1) is 0 Å². The molecule has 0 saturated heterocycles. The van der Waals surface area contributed by atoms with E-state index in [4.69, 9.17) is 9.11 Å². The third-order valence-electron chi connectivity index (χ3n) is 1.66. The molecule has 0 aliphatic carbocycles. The van der Waals surface area contributed by atoms with Gasteiger partial charge in [-0.2, -0.15) is 43.9 Å². The molecule has 118 valence electrons. The lowest BCUT2D eigenvalue weighted by molar-refractivity contribution is -0.335. The average molecular weight is 334 g/mol. The van der Waals surface area contributed by atoms with Crippen LogP contribution in [0.15, 0.2) is 0 Å². The van der Waals surface area contributed by atoms with Crippen LogP contribution in [0.2, 0.25) is 0 Å². The molecule has 2 N–H and O–H groups in total. The van der Waals surface area contributed by atoms with E-state index in [1.807, 2.05) is 0 Å². The minimum Gasteiger partial charge on any atom is -0.303 e. The molecule has 0 rings (SSSR count). The van der Waals surface area contributed by atoms with Gasteiger partial charge in [-0.15, -0.1) is 0 Å². The van der Waals surface area contributed by atoms with Gasteiger partial charge in [-0.25, -0.2) is 4.21 Å². The fourth-order valence-electron chi connectivity index (χ4n) is 0.808. The van der Waals surface area contributed by atoms with E-state index in [1.54, 1.807) is 0 Å². The van der Waals surface area contributed by atoms with Crippen LogP contribution in [0, 0.1) is 0 Å². The van der Waals surface area contributed by atoms with Crippen LogP contribution in [0.3, 0.4) is 0 Å². The van der Waals surface area contributed by atoms with E-state index in [1.165, 1.54) is 0 Å². The van der Waals surface area contributed by atoms with Gasteiger partial charge in [0, 0.05) is 0 Å². The maximum atomic E-state index is 12.7. The summed E-state index contributed by atoms with van der Waals surface area (Å²) in [5.41, 5.74) is 0. The normalized spacial score (nSPS) is 18.0. The van der Waals surface area contributed by atoms with Gasteiger partial charge in [-0.1, -0.05) is 0 Å². The molecule has 14 heteroatoms. The first-order valence-electron chi connectivity index (χ1n) is 3.77. The summed E-state index contributed by atoms with van der Waals surface area (Å²) >= 11 is 0. The maximum Gasteiger partial charge on any atom is 0.461 e. The molecule has 0 aliphatic heterocycles. The molecule has 0 radical (unpaired) electrons. The van der Waals surface area contributed by atoms with E-state index >= 15 is 0 Å². The van der Waals surface area contributed by atoms with E-state index in [-0.39, 0.29) is 0 Å². The van der Waals surface area contributed by atoms with Gasteiger partial charge in [0.1, 0.15) is 5.75 Å². The van der Waals surface area contributed by atoms with Gasteiger partial charge in [0.25, 0.3) is 0 Å². The van der Waals surface area contributed by atoms with Crippen molar-refractivity contribution in [1.82, 2.24) is 0 Å². The van der Waals surface area contributed by atoms with Crippen molar-refractivity contribution in [2.45, 2.75) is 23.5 Å². The largest absolute Gasteiger partial charge is 0.461 e. The Hall–Kier alpha value is -0.630. The summed E-state index contributed by atoms with van der Waals surface area (Å²) in [6.45, 7) is 0. The molecule has 0 spiro atoms. The van der Waals surface area contributed by atoms with Crippen molar-refractivity contribution in [3.8, 4) is 0 Å². The van der Waals surface area contributed by atoms with Crippen molar-refractivity contribution in [2.24, 2.45) is 0 Å². The van der Waals surface area contributed by atoms with Gasteiger partial charge in [-0.3, -0.25) is 0 Å². The van der Waals surface area contributed by atoms with Crippen LogP contribution in [0.5, 0.6) is 0 Å². The van der Waals surface area contributed by atoms with E-state index in [0.29, 0.717) is 0 Å². The highest BCUT2D eigenvalue weighted by atomic mass is 32.3. The van der Waals surface area contributed by atoms with Crippen LogP contribution in [0.1, 0.15) is 0 Å². The van der Waals surface area contributed by atoms with Crippen molar-refractivity contribution in [3.63, 3.8) is 0 Å². The summed E-state index contributed by atoms with van der Waals surface area (Å²) in [7, 11) is -8.69. The van der Waals surface area contributed by atoms with Gasteiger partial charge in [-0.05, 0) is 0 Å². The van der Waals surface area contributed by atoms with Crippen molar-refractivity contribution >= 4 is 9.63 Å². The highest BCUT2D eigenvalue weighted by molar-refractivity contribution is 8.11. The number of rotatable bonds is 3. The summed E-state index contributed by atoms with van der Waals surface area (Å²) < 4.78 is 147. The topological polar surface area (TPSA) is 57.5 Å². The SMILES string of the molecule is O=S(O)(O)(CC(F)(F)F)C(F)(F)C(F)(F)C(F)(F)F. The lowest BCUT2D eigenvalue weighted by atomic mass is 10.3. The number of alkyl halides is 10. The summed E-state index contributed by atoms with van der Waals surface area (Å²) in [6, 6.07) is 0. The first-order valence-corrected chi connectivity index (χ1v) is 5.82. The third kappa shape index (κ3) is 3.10. The van der Waals surface area contributed by atoms with Gasteiger partial charge in [0.15, 0.2) is 9.63 Å². The quantitative estimate of drug-likeness (QED) is 0.780. The molecule has 0 aliphatic rings. The van der Waals surface area contributed by atoms with Crippen molar-refractivity contribution < 1.29 is 57.2 Å². The van der Waals surface area contributed by atoms with E-state index in [2.05, 4.69) is 0 Å². The first kappa shape index (κ1) is 18.4. The molecule has 0 saturated carbocycles. The predicted octanol–water partition coefficient (Wildman–Crippen LogP) is 3.11. The smallest absolute Gasteiger partial charge is 0.303 e. The highest BCUT2D eigenvalue weighted by Crippen LogP contribution is 2.55. The Morgan fingerprint density at radius 3 is 1.32 bits per heavy atom. The van der Waals surface area contributed by atoms with Crippen LogP contribution in [0.25, 0.3) is 0 Å². The molecule has 19 heavy (non-hydrogen) atoms.